The summed E-state index contributed by atoms with van der Waals surface area (Å²) in [6.45, 7) is 2.89. The molecule has 0 aliphatic carbocycles. The van der Waals surface area contributed by atoms with Crippen molar-refractivity contribution in [3.05, 3.63) is 24.3 Å². The number of benzene rings is 1. The number of guanidine groups is 1. The molecule has 130 valence electrons. The van der Waals surface area contributed by atoms with Crippen LogP contribution in [0.1, 0.15) is 13.8 Å². The predicted molar refractivity (Wildman–Crippen MR) is 85.1 cm³/mol. The fourth-order valence-electron chi connectivity index (χ4n) is 1.52. The molecule has 4 N–H and O–H groups in total. The van der Waals surface area contributed by atoms with Gasteiger partial charge >= 0.3 is 5.97 Å². The second kappa shape index (κ2) is 8.15. The molecule has 0 heterocycles. The molecular weight excluding hydrogens is 338 g/mol. The maximum atomic E-state index is 11.8. The van der Waals surface area contributed by atoms with Crippen LogP contribution in [0, 0.1) is 0 Å². The average Bonchev–Trinajstić information content (AvgIpc) is 2.46. The number of carbonyl (C=O) groups is 2. The van der Waals surface area contributed by atoms with Crippen LogP contribution in [-0.4, -0.2) is 38.8 Å². The van der Waals surface area contributed by atoms with Crippen LogP contribution >= 0.6 is 0 Å². The zero-order valence-electron chi connectivity index (χ0n) is 13.0. The summed E-state index contributed by atoms with van der Waals surface area (Å²) in [7, 11) is -4.00. The smallest absolute Gasteiger partial charge is 0.340 e. The Morgan fingerprint density at radius 2 is 1.79 bits per heavy atom. The molecule has 1 rings (SSSR count). The Hall–Kier alpha value is -2.82. The molecule has 0 saturated carbocycles. The first-order valence-electron chi connectivity index (χ1n) is 6.71. The van der Waals surface area contributed by atoms with E-state index in [2.05, 4.69) is 14.6 Å². The van der Waals surface area contributed by atoms with E-state index in [0.29, 0.717) is 0 Å². The lowest BCUT2D eigenvalue weighted by atomic mass is 10.2. The molecule has 0 aromatic heterocycles. The highest BCUT2D eigenvalue weighted by Gasteiger charge is 2.24. The minimum Gasteiger partial charge on any atom is -0.464 e. The normalized spacial score (nSPS) is 12.6. The summed E-state index contributed by atoms with van der Waals surface area (Å²) in [5, 5.41) is 7.37. The lowest BCUT2D eigenvalue weighted by molar-refractivity contribution is -0.147. The summed E-state index contributed by atoms with van der Waals surface area (Å²) in [5.41, 5.74) is 10.3. The number of nitrogens with two attached hydrogens (primary N) is 2. The van der Waals surface area contributed by atoms with Crippen molar-refractivity contribution in [1.82, 2.24) is 0 Å². The number of nitrogens with zero attached hydrogens (tertiary/aromatic N) is 3. The summed E-state index contributed by atoms with van der Waals surface area (Å²) in [5.74, 6) is -1.91. The first-order chi connectivity index (χ1) is 11.2. The Labute approximate surface area is 138 Å². The van der Waals surface area contributed by atoms with Crippen LogP contribution in [0.15, 0.2) is 43.8 Å². The lowest BCUT2D eigenvalue weighted by Gasteiger charge is -2.06. The number of hydrogen-bond acceptors (Lipinski definition) is 7. The fraction of sp³-hybridized carbons (Fsp3) is 0.308. The van der Waals surface area contributed by atoms with Crippen molar-refractivity contribution in [3.8, 4) is 0 Å². The average molecular weight is 355 g/mol. The first-order valence-corrected chi connectivity index (χ1v) is 8.15. The molecule has 0 aliphatic rings. The minimum atomic E-state index is -4.00. The van der Waals surface area contributed by atoms with Gasteiger partial charge in [-0.2, -0.15) is 18.6 Å². The topological polar surface area (TPSA) is 167 Å². The minimum absolute atomic E-state index is 0.107. The number of sulfonamides is 1. The summed E-state index contributed by atoms with van der Waals surface area (Å²) in [4.78, 5) is 22.8. The van der Waals surface area contributed by atoms with E-state index in [4.69, 9.17) is 16.2 Å². The quantitative estimate of drug-likeness (QED) is 0.232. The van der Waals surface area contributed by atoms with Crippen LogP contribution in [-0.2, 0) is 24.3 Å². The van der Waals surface area contributed by atoms with Gasteiger partial charge in [-0.05, 0) is 38.1 Å². The van der Waals surface area contributed by atoms with Gasteiger partial charge in [-0.25, -0.2) is 4.79 Å². The van der Waals surface area contributed by atoms with Crippen molar-refractivity contribution < 1.29 is 22.7 Å². The third-order valence-corrected chi connectivity index (χ3v) is 3.86. The SMILES string of the molecule is CCOC(=O)C(N=Nc1ccc(S(=O)(=O)N=C(N)N)cc1)C(C)=O. The lowest BCUT2D eigenvalue weighted by Crippen LogP contribution is -2.28. The van der Waals surface area contributed by atoms with Crippen LogP contribution in [0.25, 0.3) is 0 Å². The van der Waals surface area contributed by atoms with Gasteiger partial charge in [0.25, 0.3) is 10.0 Å². The highest BCUT2D eigenvalue weighted by molar-refractivity contribution is 7.90. The van der Waals surface area contributed by atoms with Crippen molar-refractivity contribution >= 4 is 33.4 Å². The Kier molecular flexibility index (Phi) is 6.53. The number of hydrogen-bond donors (Lipinski definition) is 2. The summed E-state index contributed by atoms with van der Waals surface area (Å²) in [6.07, 6.45) is 0. The highest BCUT2D eigenvalue weighted by atomic mass is 32.2. The van der Waals surface area contributed by atoms with E-state index in [1.807, 2.05) is 0 Å². The number of Topliss-reactive ketones (excluding diaryl/α,β-unsaturated/α-hetero) is 1. The zero-order chi connectivity index (χ0) is 18.3. The molecule has 24 heavy (non-hydrogen) atoms. The van der Waals surface area contributed by atoms with Gasteiger partial charge in [0.2, 0.25) is 12.0 Å². The summed E-state index contributed by atoms with van der Waals surface area (Å²) >= 11 is 0. The van der Waals surface area contributed by atoms with E-state index in [-0.39, 0.29) is 17.2 Å². The molecule has 0 amide bonds. The monoisotopic (exact) mass is 355 g/mol. The van der Waals surface area contributed by atoms with E-state index in [9.17, 15) is 18.0 Å². The van der Waals surface area contributed by atoms with Crippen molar-refractivity contribution in [3.63, 3.8) is 0 Å². The fourth-order valence-corrected chi connectivity index (χ4v) is 2.38. The van der Waals surface area contributed by atoms with Crippen molar-refractivity contribution in [2.24, 2.45) is 26.1 Å². The largest absolute Gasteiger partial charge is 0.464 e. The molecule has 0 radical (unpaired) electrons. The van der Waals surface area contributed by atoms with Gasteiger partial charge < -0.3 is 16.2 Å². The van der Waals surface area contributed by atoms with Crippen molar-refractivity contribution in [2.45, 2.75) is 24.8 Å². The van der Waals surface area contributed by atoms with E-state index in [0.717, 1.165) is 0 Å². The van der Waals surface area contributed by atoms with Crippen LogP contribution in [0.4, 0.5) is 5.69 Å². The van der Waals surface area contributed by atoms with Crippen LogP contribution < -0.4 is 11.5 Å². The number of esters is 1. The summed E-state index contributed by atoms with van der Waals surface area (Å²) in [6, 6.07) is 3.70. The Morgan fingerprint density at radius 1 is 1.21 bits per heavy atom. The molecule has 1 atom stereocenters. The van der Waals surface area contributed by atoms with E-state index in [1.54, 1.807) is 6.92 Å². The Bertz CT molecular complexity index is 766. The third kappa shape index (κ3) is 5.43. The van der Waals surface area contributed by atoms with Gasteiger partial charge in [-0.3, -0.25) is 4.79 Å². The predicted octanol–water partition coefficient (Wildman–Crippen LogP) is 0.253. The molecule has 1 aromatic carbocycles. The van der Waals surface area contributed by atoms with Crippen molar-refractivity contribution in [2.75, 3.05) is 6.61 Å². The van der Waals surface area contributed by atoms with Gasteiger partial charge in [0, 0.05) is 0 Å². The number of azo groups is 1. The van der Waals surface area contributed by atoms with E-state index >= 15 is 0 Å². The summed E-state index contributed by atoms with van der Waals surface area (Å²) < 4.78 is 31.4. The molecule has 0 bridgehead atoms. The van der Waals surface area contributed by atoms with Gasteiger partial charge in [-0.1, -0.05) is 0 Å². The number of carbonyl (C=O) groups excluding carboxylic acids is 2. The second-order valence-corrected chi connectivity index (χ2v) is 6.07. The molecule has 0 spiro atoms. The van der Waals surface area contributed by atoms with Crippen LogP contribution in [0.2, 0.25) is 0 Å². The van der Waals surface area contributed by atoms with Crippen LogP contribution in [0.3, 0.4) is 0 Å². The van der Waals surface area contributed by atoms with E-state index in [1.165, 1.54) is 31.2 Å². The van der Waals surface area contributed by atoms with Crippen molar-refractivity contribution in [1.29, 1.82) is 0 Å². The highest BCUT2D eigenvalue weighted by Crippen LogP contribution is 2.19. The molecule has 0 aliphatic heterocycles. The molecule has 0 fully saturated rings. The zero-order valence-corrected chi connectivity index (χ0v) is 13.9. The number of ether oxygens (including phenoxy) is 1. The van der Waals surface area contributed by atoms with E-state index < -0.39 is 33.8 Å². The van der Waals surface area contributed by atoms with Gasteiger partial charge in [0.1, 0.15) is 0 Å². The van der Waals surface area contributed by atoms with Gasteiger partial charge in [-0.15, -0.1) is 4.40 Å². The molecule has 0 saturated heterocycles. The van der Waals surface area contributed by atoms with Crippen LogP contribution in [0.5, 0.6) is 0 Å². The molecule has 1 unspecified atom stereocenters. The molecule has 1 aromatic rings. The second-order valence-electron chi connectivity index (χ2n) is 4.47. The van der Waals surface area contributed by atoms with Gasteiger partial charge in [0.05, 0.1) is 17.2 Å². The number of ketones is 1. The first kappa shape index (κ1) is 19.2. The number of rotatable bonds is 7. The maximum Gasteiger partial charge on any atom is 0.340 e. The molecule has 10 nitrogen and oxygen atoms in total. The third-order valence-electron chi connectivity index (χ3n) is 2.54. The van der Waals surface area contributed by atoms with Gasteiger partial charge in [0.15, 0.2) is 5.78 Å². The molecule has 11 heteroatoms. The standard InChI is InChI=1S/C13H17N5O5S/c1-3-23-12(20)11(8(2)19)17-16-9-4-6-10(7-5-9)24(21,22)18-13(14)15/h4-7,11H,3H2,1-2H3,(H4,14,15,18). The molecular formula is C13H17N5O5S. The maximum absolute atomic E-state index is 11.8. The Morgan fingerprint density at radius 3 is 2.25 bits per heavy atom. The Balaban J connectivity index is 2.99.